The minimum Gasteiger partial charge on any atom is -0.492 e. The van der Waals surface area contributed by atoms with Crippen LogP contribution < -0.4 is 10.1 Å². The smallest absolute Gasteiger partial charge is 0.335 e. The Morgan fingerprint density at radius 3 is 2.52 bits per heavy atom. The number of ether oxygens (including phenoxy) is 1. The molecule has 2 N–H and O–H groups in total. The summed E-state index contributed by atoms with van der Waals surface area (Å²) in [5, 5.41) is 12.2. The molecule has 1 amide bonds. The summed E-state index contributed by atoms with van der Waals surface area (Å²) in [6, 6.07) is 12.0. The number of carbonyl (C=O) groups is 2. The fourth-order valence-corrected chi connectivity index (χ4v) is 2.64. The van der Waals surface area contributed by atoms with Gasteiger partial charge in [-0.05, 0) is 37.1 Å². The van der Waals surface area contributed by atoms with Crippen LogP contribution >= 0.6 is 11.6 Å². The number of carbonyl (C=O) groups excluding carboxylic acids is 1. The molecule has 0 radical (unpaired) electrons. The van der Waals surface area contributed by atoms with Crippen molar-refractivity contribution in [3.8, 4) is 5.75 Å². The van der Waals surface area contributed by atoms with Crippen LogP contribution in [0.3, 0.4) is 0 Å². The standard InChI is InChI=1S/C19H20ClNO4/c1-2-25-18-15(4-3-5-16(18)20)12-17(22)21-11-10-13-6-8-14(9-7-13)19(23)24/h3-9H,2,10-12H2,1H3,(H,21,22)(H,23,24). The third kappa shape index (κ3) is 5.50. The maximum absolute atomic E-state index is 12.1. The molecule has 0 saturated carbocycles. The van der Waals surface area contributed by atoms with Gasteiger partial charge in [0.25, 0.3) is 0 Å². The molecule has 2 aromatic carbocycles. The summed E-state index contributed by atoms with van der Waals surface area (Å²) in [6.45, 7) is 2.81. The Labute approximate surface area is 151 Å². The SMILES string of the molecule is CCOc1c(Cl)cccc1CC(=O)NCCc1ccc(C(=O)O)cc1. The van der Waals surface area contributed by atoms with E-state index in [4.69, 9.17) is 21.4 Å². The van der Waals surface area contributed by atoms with Gasteiger partial charge in [0, 0.05) is 12.1 Å². The molecule has 6 heteroatoms. The van der Waals surface area contributed by atoms with E-state index in [0.29, 0.717) is 30.3 Å². The van der Waals surface area contributed by atoms with Gasteiger partial charge in [0.1, 0.15) is 5.75 Å². The molecule has 0 aliphatic rings. The van der Waals surface area contributed by atoms with Gasteiger partial charge in [-0.1, -0.05) is 35.9 Å². The molecule has 2 rings (SSSR count). The zero-order valence-electron chi connectivity index (χ0n) is 13.9. The Bertz CT molecular complexity index is 744. The Balaban J connectivity index is 1.87. The lowest BCUT2D eigenvalue weighted by atomic mass is 10.1. The van der Waals surface area contributed by atoms with E-state index in [2.05, 4.69) is 5.32 Å². The number of carboxylic acids is 1. The number of halogens is 1. The van der Waals surface area contributed by atoms with Gasteiger partial charge in [-0.15, -0.1) is 0 Å². The molecular formula is C19H20ClNO4. The van der Waals surface area contributed by atoms with Gasteiger partial charge >= 0.3 is 5.97 Å². The van der Waals surface area contributed by atoms with Crippen molar-refractivity contribution in [1.82, 2.24) is 5.32 Å². The van der Waals surface area contributed by atoms with Crippen LogP contribution in [-0.2, 0) is 17.6 Å². The number of benzene rings is 2. The number of rotatable bonds is 8. The molecule has 0 fully saturated rings. The summed E-state index contributed by atoms with van der Waals surface area (Å²) in [5.41, 5.74) is 1.96. The van der Waals surface area contributed by atoms with Crippen molar-refractivity contribution in [3.63, 3.8) is 0 Å². The predicted molar refractivity (Wildman–Crippen MR) is 96.4 cm³/mol. The maximum atomic E-state index is 12.1. The second-order valence-corrected chi connectivity index (χ2v) is 5.85. The summed E-state index contributed by atoms with van der Waals surface area (Å²) >= 11 is 6.11. The number of aromatic carboxylic acids is 1. The van der Waals surface area contributed by atoms with E-state index in [0.717, 1.165) is 11.1 Å². The molecule has 0 unspecified atom stereocenters. The molecule has 0 atom stereocenters. The normalized spacial score (nSPS) is 10.3. The van der Waals surface area contributed by atoms with Gasteiger partial charge in [-0.25, -0.2) is 4.79 Å². The largest absolute Gasteiger partial charge is 0.492 e. The van der Waals surface area contributed by atoms with Crippen LogP contribution in [0.5, 0.6) is 5.75 Å². The monoisotopic (exact) mass is 361 g/mol. The molecule has 0 aliphatic carbocycles. The third-order valence-electron chi connectivity index (χ3n) is 3.62. The fraction of sp³-hybridized carbons (Fsp3) is 0.263. The average Bonchev–Trinajstić information content (AvgIpc) is 2.58. The topological polar surface area (TPSA) is 75.6 Å². The molecule has 25 heavy (non-hydrogen) atoms. The van der Waals surface area contributed by atoms with Crippen LogP contribution in [-0.4, -0.2) is 30.1 Å². The number of carboxylic acid groups (broad SMARTS) is 1. The maximum Gasteiger partial charge on any atom is 0.335 e. The van der Waals surface area contributed by atoms with Gasteiger partial charge in [0.05, 0.1) is 23.6 Å². The van der Waals surface area contributed by atoms with Crippen LogP contribution in [0, 0.1) is 0 Å². The first kappa shape index (κ1) is 18.8. The Morgan fingerprint density at radius 2 is 1.88 bits per heavy atom. The highest BCUT2D eigenvalue weighted by Gasteiger charge is 2.12. The van der Waals surface area contributed by atoms with Gasteiger partial charge in [0.2, 0.25) is 5.91 Å². The van der Waals surface area contributed by atoms with Crippen molar-refractivity contribution >= 4 is 23.5 Å². The molecule has 0 aromatic heterocycles. The summed E-state index contributed by atoms with van der Waals surface area (Å²) < 4.78 is 5.51. The van der Waals surface area contributed by atoms with Gasteiger partial charge in [0.15, 0.2) is 0 Å². The molecule has 0 saturated heterocycles. The average molecular weight is 362 g/mol. The lowest BCUT2D eigenvalue weighted by Crippen LogP contribution is -2.27. The lowest BCUT2D eigenvalue weighted by Gasteiger charge is -2.12. The molecule has 5 nitrogen and oxygen atoms in total. The number of hydrogen-bond acceptors (Lipinski definition) is 3. The summed E-state index contributed by atoms with van der Waals surface area (Å²) in [5.74, 6) is -0.525. The molecule has 0 heterocycles. The van der Waals surface area contributed by atoms with E-state index >= 15 is 0 Å². The van der Waals surface area contributed by atoms with E-state index in [9.17, 15) is 9.59 Å². The highest BCUT2D eigenvalue weighted by Crippen LogP contribution is 2.29. The second-order valence-electron chi connectivity index (χ2n) is 5.44. The number of nitrogens with one attached hydrogen (secondary N) is 1. The first-order chi connectivity index (χ1) is 12.0. The molecule has 0 bridgehead atoms. The minimum absolute atomic E-state index is 0.120. The predicted octanol–water partition coefficient (Wildman–Crippen LogP) is 3.34. The first-order valence-corrected chi connectivity index (χ1v) is 8.38. The number of amides is 1. The van der Waals surface area contributed by atoms with Gasteiger partial charge < -0.3 is 15.2 Å². The summed E-state index contributed by atoms with van der Waals surface area (Å²) in [6.07, 6.45) is 0.813. The number of para-hydroxylation sites is 1. The summed E-state index contributed by atoms with van der Waals surface area (Å²) in [4.78, 5) is 22.9. The second kappa shape index (κ2) is 9.08. The van der Waals surface area contributed by atoms with Crippen molar-refractivity contribution < 1.29 is 19.4 Å². The molecule has 0 aliphatic heterocycles. The highest BCUT2D eigenvalue weighted by atomic mass is 35.5. The summed E-state index contributed by atoms with van der Waals surface area (Å²) in [7, 11) is 0. The Morgan fingerprint density at radius 1 is 1.16 bits per heavy atom. The molecule has 2 aromatic rings. The van der Waals surface area contributed by atoms with E-state index in [1.54, 1.807) is 36.4 Å². The van der Waals surface area contributed by atoms with Crippen molar-refractivity contribution in [2.24, 2.45) is 0 Å². The first-order valence-electron chi connectivity index (χ1n) is 8.00. The Kier molecular flexibility index (Phi) is 6.83. The van der Waals surface area contributed by atoms with Gasteiger partial charge in [-0.3, -0.25) is 4.79 Å². The van der Waals surface area contributed by atoms with E-state index in [1.807, 2.05) is 13.0 Å². The minimum atomic E-state index is -0.952. The number of hydrogen-bond donors (Lipinski definition) is 2. The van der Waals surface area contributed by atoms with E-state index in [1.165, 1.54) is 0 Å². The van der Waals surface area contributed by atoms with Crippen LogP contribution in [0.2, 0.25) is 5.02 Å². The third-order valence-corrected chi connectivity index (χ3v) is 3.92. The zero-order chi connectivity index (χ0) is 18.2. The van der Waals surface area contributed by atoms with E-state index in [-0.39, 0.29) is 17.9 Å². The van der Waals surface area contributed by atoms with Crippen LogP contribution in [0.1, 0.15) is 28.4 Å². The van der Waals surface area contributed by atoms with E-state index < -0.39 is 5.97 Å². The zero-order valence-corrected chi connectivity index (χ0v) is 14.7. The van der Waals surface area contributed by atoms with Crippen LogP contribution in [0.25, 0.3) is 0 Å². The molecule has 132 valence electrons. The highest BCUT2D eigenvalue weighted by molar-refractivity contribution is 6.32. The van der Waals surface area contributed by atoms with Crippen molar-refractivity contribution in [3.05, 3.63) is 64.2 Å². The van der Waals surface area contributed by atoms with Crippen molar-refractivity contribution in [2.45, 2.75) is 19.8 Å². The fourth-order valence-electron chi connectivity index (χ4n) is 2.39. The van der Waals surface area contributed by atoms with Gasteiger partial charge in [-0.2, -0.15) is 0 Å². The van der Waals surface area contributed by atoms with Crippen LogP contribution in [0.15, 0.2) is 42.5 Å². The van der Waals surface area contributed by atoms with Crippen LogP contribution in [0.4, 0.5) is 0 Å². The van der Waals surface area contributed by atoms with Crippen molar-refractivity contribution in [1.29, 1.82) is 0 Å². The lowest BCUT2D eigenvalue weighted by molar-refractivity contribution is -0.120. The Hall–Kier alpha value is -2.53. The molecule has 0 spiro atoms. The molecular weight excluding hydrogens is 342 g/mol. The van der Waals surface area contributed by atoms with Crippen molar-refractivity contribution in [2.75, 3.05) is 13.2 Å². The quantitative estimate of drug-likeness (QED) is 0.756.